The lowest BCUT2D eigenvalue weighted by Crippen LogP contribution is -2.23. The zero-order valence-electron chi connectivity index (χ0n) is 15.3. The molecular weight excluding hydrogens is 480 g/mol. The zero-order valence-corrected chi connectivity index (χ0v) is 18.4. The van der Waals surface area contributed by atoms with Crippen molar-refractivity contribution in [3.63, 3.8) is 0 Å². The van der Waals surface area contributed by atoms with Crippen LogP contribution >= 0.6 is 31.9 Å². The summed E-state index contributed by atoms with van der Waals surface area (Å²) in [6, 6.07) is 25.8. The van der Waals surface area contributed by atoms with E-state index in [1.807, 2.05) is 75.9 Å². The number of nitrogens with zero attached hydrogens (tertiary/aromatic N) is 2. The van der Waals surface area contributed by atoms with E-state index in [-0.39, 0.29) is 5.69 Å². The van der Waals surface area contributed by atoms with Gasteiger partial charge in [0, 0.05) is 14.5 Å². The lowest BCUT2D eigenvalue weighted by molar-refractivity contribution is 0.872. The molecule has 0 aliphatic rings. The number of halogens is 2. The molecule has 140 valence electrons. The van der Waals surface area contributed by atoms with Gasteiger partial charge in [0.05, 0.1) is 22.8 Å². The van der Waals surface area contributed by atoms with Crippen molar-refractivity contribution >= 4 is 31.9 Å². The Morgan fingerprint density at radius 2 is 1.21 bits per heavy atom. The van der Waals surface area contributed by atoms with E-state index in [4.69, 9.17) is 0 Å². The summed E-state index contributed by atoms with van der Waals surface area (Å²) < 4.78 is 5.59. The lowest BCUT2D eigenvalue weighted by Gasteiger charge is -2.10. The SMILES string of the molecule is CCc1c(-c2ccccc2)n(-c2ccc(Br)cc2)c(=O)n1-c1ccc(Br)cc1. The second-order valence-corrected chi connectivity index (χ2v) is 8.25. The third-order valence-corrected chi connectivity index (χ3v) is 5.76. The van der Waals surface area contributed by atoms with Gasteiger partial charge in [-0.3, -0.25) is 9.13 Å². The van der Waals surface area contributed by atoms with E-state index in [0.717, 1.165) is 43.7 Å². The van der Waals surface area contributed by atoms with Gasteiger partial charge in [-0.05, 0) is 55.0 Å². The molecule has 0 aliphatic carbocycles. The van der Waals surface area contributed by atoms with E-state index in [2.05, 4.69) is 50.9 Å². The molecule has 0 saturated carbocycles. The van der Waals surface area contributed by atoms with Gasteiger partial charge in [0.15, 0.2) is 0 Å². The second kappa shape index (κ2) is 7.94. The summed E-state index contributed by atoms with van der Waals surface area (Å²) in [6.45, 7) is 2.09. The monoisotopic (exact) mass is 496 g/mol. The Hall–Kier alpha value is -2.37. The first-order valence-corrected chi connectivity index (χ1v) is 10.6. The Morgan fingerprint density at radius 3 is 1.71 bits per heavy atom. The molecule has 5 heteroatoms. The first-order valence-electron chi connectivity index (χ1n) is 9.04. The van der Waals surface area contributed by atoms with Crippen LogP contribution in [0.3, 0.4) is 0 Å². The molecule has 0 radical (unpaired) electrons. The topological polar surface area (TPSA) is 26.9 Å². The molecule has 0 N–H and O–H groups in total. The summed E-state index contributed by atoms with van der Waals surface area (Å²) >= 11 is 6.95. The highest BCUT2D eigenvalue weighted by Crippen LogP contribution is 2.29. The summed E-state index contributed by atoms with van der Waals surface area (Å²) in [5.74, 6) is 0. The highest BCUT2D eigenvalue weighted by atomic mass is 79.9. The Bertz CT molecular complexity index is 1160. The largest absolute Gasteiger partial charge is 0.338 e. The number of benzene rings is 3. The fourth-order valence-corrected chi connectivity index (χ4v) is 3.98. The fourth-order valence-electron chi connectivity index (χ4n) is 3.45. The highest BCUT2D eigenvalue weighted by molar-refractivity contribution is 9.10. The summed E-state index contributed by atoms with van der Waals surface area (Å²) in [6.07, 6.45) is 0.735. The van der Waals surface area contributed by atoms with Crippen molar-refractivity contribution < 1.29 is 0 Å². The Labute approximate surface area is 180 Å². The molecule has 4 rings (SSSR count). The summed E-state index contributed by atoms with van der Waals surface area (Å²) in [5, 5.41) is 0. The van der Waals surface area contributed by atoms with E-state index < -0.39 is 0 Å². The molecule has 3 nitrogen and oxygen atoms in total. The van der Waals surface area contributed by atoms with Gasteiger partial charge in [-0.2, -0.15) is 0 Å². The van der Waals surface area contributed by atoms with Crippen LogP contribution in [0.2, 0.25) is 0 Å². The van der Waals surface area contributed by atoms with Gasteiger partial charge in [-0.25, -0.2) is 4.79 Å². The van der Waals surface area contributed by atoms with E-state index in [9.17, 15) is 4.79 Å². The minimum Gasteiger partial charge on any atom is -0.264 e. The van der Waals surface area contributed by atoms with Crippen LogP contribution in [0.1, 0.15) is 12.6 Å². The molecule has 1 heterocycles. The smallest absolute Gasteiger partial charge is 0.264 e. The second-order valence-electron chi connectivity index (χ2n) is 6.42. The molecule has 0 fully saturated rings. The predicted molar refractivity (Wildman–Crippen MR) is 122 cm³/mol. The Kier molecular flexibility index (Phi) is 5.38. The van der Waals surface area contributed by atoms with Crippen LogP contribution in [-0.2, 0) is 6.42 Å². The van der Waals surface area contributed by atoms with Gasteiger partial charge in [-0.15, -0.1) is 0 Å². The van der Waals surface area contributed by atoms with Crippen LogP contribution in [-0.4, -0.2) is 9.13 Å². The van der Waals surface area contributed by atoms with Crippen molar-refractivity contribution in [2.75, 3.05) is 0 Å². The number of imidazole rings is 1. The van der Waals surface area contributed by atoms with Gasteiger partial charge in [0.25, 0.3) is 0 Å². The molecule has 0 atom stereocenters. The quantitative estimate of drug-likeness (QED) is 0.321. The molecule has 0 saturated heterocycles. The molecule has 0 bridgehead atoms. The number of hydrogen-bond acceptors (Lipinski definition) is 1. The molecule has 0 spiro atoms. The number of hydrogen-bond donors (Lipinski definition) is 0. The minimum absolute atomic E-state index is 0.0691. The maximum atomic E-state index is 13.6. The van der Waals surface area contributed by atoms with Crippen LogP contribution in [0.5, 0.6) is 0 Å². The molecule has 4 aromatic rings. The van der Waals surface area contributed by atoms with Crippen LogP contribution in [0.4, 0.5) is 0 Å². The molecule has 1 aromatic heterocycles. The van der Waals surface area contributed by atoms with Crippen LogP contribution in [0, 0.1) is 0 Å². The average molecular weight is 498 g/mol. The standard InChI is InChI=1S/C23H18Br2N2O/c1-2-21-22(16-6-4-3-5-7-16)27(20-14-10-18(25)11-15-20)23(28)26(21)19-12-8-17(24)9-13-19/h3-15H,2H2,1H3. The Morgan fingerprint density at radius 1 is 0.714 bits per heavy atom. The predicted octanol–water partition coefficient (Wildman–Crippen LogP) is 6.38. The molecule has 0 unspecified atom stereocenters. The van der Waals surface area contributed by atoms with E-state index >= 15 is 0 Å². The number of aromatic nitrogens is 2. The summed E-state index contributed by atoms with van der Waals surface area (Å²) in [5.41, 5.74) is 4.58. The first kappa shape index (κ1) is 19.0. The van der Waals surface area contributed by atoms with Crippen LogP contribution < -0.4 is 5.69 Å². The van der Waals surface area contributed by atoms with E-state index in [1.54, 1.807) is 0 Å². The molecule has 3 aromatic carbocycles. The third kappa shape index (κ3) is 3.40. The van der Waals surface area contributed by atoms with Gasteiger partial charge in [0.2, 0.25) is 0 Å². The summed E-state index contributed by atoms with van der Waals surface area (Å²) in [7, 11) is 0. The fraction of sp³-hybridized carbons (Fsp3) is 0.0870. The van der Waals surface area contributed by atoms with Crippen molar-refractivity contribution in [1.82, 2.24) is 9.13 Å². The third-order valence-electron chi connectivity index (χ3n) is 4.70. The maximum absolute atomic E-state index is 13.6. The van der Waals surface area contributed by atoms with Crippen molar-refractivity contribution in [1.29, 1.82) is 0 Å². The van der Waals surface area contributed by atoms with Gasteiger partial charge in [-0.1, -0.05) is 69.1 Å². The van der Waals surface area contributed by atoms with Crippen molar-refractivity contribution in [3.8, 4) is 22.6 Å². The van der Waals surface area contributed by atoms with E-state index in [0.29, 0.717) is 0 Å². The van der Waals surface area contributed by atoms with Gasteiger partial charge < -0.3 is 0 Å². The number of rotatable bonds is 4. The molecule has 28 heavy (non-hydrogen) atoms. The lowest BCUT2D eigenvalue weighted by atomic mass is 10.1. The summed E-state index contributed by atoms with van der Waals surface area (Å²) in [4.78, 5) is 13.6. The molecule has 0 aliphatic heterocycles. The van der Waals surface area contributed by atoms with Crippen molar-refractivity contribution in [3.05, 3.63) is 104 Å². The highest BCUT2D eigenvalue weighted by Gasteiger charge is 2.22. The molecular formula is C23H18Br2N2O. The molecule has 0 amide bonds. The van der Waals surface area contributed by atoms with Crippen LogP contribution in [0.25, 0.3) is 22.6 Å². The maximum Gasteiger partial charge on any atom is 0.338 e. The zero-order chi connectivity index (χ0) is 19.7. The van der Waals surface area contributed by atoms with Crippen LogP contribution in [0.15, 0.2) is 92.6 Å². The van der Waals surface area contributed by atoms with Crippen molar-refractivity contribution in [2.24, 2.45) is 0 Å². The average Bonchev–Trinajstić information content (AvgIpc) is 3.02. The minimum atomic E-state index is -0.0691. The Balaban J connectivity index is 2.08. The van der Waals surface area contributed by atoms with E-state index in [1.165, 1.54) is 0 Å². The van der Waals surface area contributed by atoms with Gasteiger partial charge >= 0.3 is 5.69 Å². The normalized spacial score (nSPS) is 11.0. The van der Waals surface area contributed by atoms with Crippen molar-refractivity contribution in [2.45, 2.75) is 13.3 Å². The van der Waals surface area contributed by atoms with Gasteiger partial charge in [0.1, 0.15) is 0 Å². The first-order chi connectivity index (χ1) is 13.6.